The fraction of sp³-hybridized carbons (Fsp3) is 0.636. The van der Waals surface area contributed by atoms with Crippen LogP contribution >= 0.6 is 0 Å². The summed E-state index contributed by atoms with van der Waals surface area (Å²) < 4.78 is 0. The van der Waals surface area contributed by atoms with E-state index in [4.69, 9.17) is 11.5 Å². The van der Waals surface area contributed by atoms with Crippen LogP contribution in [-0.4, -0.2) is 41.0 Å². The minimum absolute atomic E-state index is 0.0729. The number of anilines is 1. The van der Waals surface area contributed by atoms with Gasteiger partial charge in [-0.3, -0.25) is 14.8 Å². The molecule has 102 valence electrons. The van der Waals surface area contributed by atoms with E-state index in [1.165, 1.54) is 32.4 Å². The molecule has 0 atom stereocenters. The van der Waals surface area contributed by atoms with Crippen LogP contribution in [0.4, 0.5) is 5.82 Å². The summed E-state index contributed by atoms with van der Waals surface area (Å²) in [5.41, 5.74) is 9.43. The Bertz CT molecular complexity index is 416. The van der Waals surface area contributed by atoms with Crippen molar-refractivity contribution in [2.75, 3.05) is 31.9 Å². The quantitative estimate of drug-likeness (QED) is 0.544. The molecule has 1 aliphatic rings. The molecule has 1 aromatic heterocycles. The molecule has 0 amide bonds. The van der Waals surface area contributed by atoms with Crippen LogP contribution in [-0.2, 0) is 0 Å². The van der Waals surface area contributed by atoms with Crippen LogP contribution in [0.1, 0.15) is 19.3 Å². The maximum absolute atomic E-state index is 10.4. The number of hydrogen-bond acceptors (Lipinski definition) is 5. The Labute approximate surface area is 105 Å². The number of nitrogens with two attached hydrogens (primary N) is 2. The summed E-state index contributed by atoms with van der Waals surface area (Å²) in [7, 11) is 0. The Hall–Kier alpha value is -1.60. The number of nitrogens with one attached hydrogen (secondary N) is 2. The first-order chi connectivity index (χ1) is 8.61. The van der Waals surface area contributed by atoms with Crippen molar-refractivity contribution in [1.82, 2.24) is 14.9 Å². The van der Waals surface area contributed by atoms with Gasteiger partial charge in [-0.15, -0.1) is 0 Å². The highest BCUT2D eigenvalue weighted by Gasteiger charge is 2.07. The van der Waals surface area contributed by atoms with E-state index in [2.05, 4.69) is 9.88 Å². The number of piperidine rings is 1. The normalized spacial score (nSPS) is 15.8. The molecule has 0 radical (unpaired) electrons. The van der Waals surface area contributed by atoms with Gasteiger partial charge in [-0.1, -0.05) is 6.42 Å². The van der Waals surface area contributed by atoms with Crippen molar-refractivity contribution in [3.05, 3.63) is 26.9 Å². The van der Waals surface area contributed by atoms with E-state index in [1.54, 1.807) is 0 Å². The largest absolute Gasteiger partial charge is 0.385 e. The number of likely N-dealkylation sites (tertiary alicyclic amines) is 1. The molecule has 1 aliphatic heterocycles. The minimum atomic E-state index is -0.583. The maximum atomic E-state index is 10.4. The van der Waals surface area contributed by atoms with Gasteiger partial charge in [0.15, 0.2) is 0 Å². The smallest absolute Gasteiger partial charge is 0.327 e. The topological polar surface area (TPSA) is 121 Å². The van der Waals surface area contributed by atoms with E-state index in [9.17, 15) is 9.59 Å². The predicted octanol–water partition coefficient (Wildman–Crippen LogP) is -0.924. The minimum Gasteiger partial charge on any atom is -0.385 e. The summed E-state index contributed by atoms with van der Waals surface area (Å²) in [6, 6.07) is 1.10. The number of rotatable bonds is 2. The van der Waals surface area contributed by atoms with Crippen LogP contribution in [0.3, 0.4) is 0 Å². The zero-order valence-corrected chi connectivity index (χ0v) is 10.4. The van der Waals surface area contributed by atoms with Gasteiger partial charge < -0.3 is 16.4 Å². The molecule has 1 saturated heterocycles. The molecular weight excluding hydrogens is 234 g/mol. The summed E-state index contributed by atoms with van der Waals surface area (Å²) in [5.74, 6) is 0.0729. The lowest BCUT2D eigenvalue weighted by Gasteiger charge is -2.25. The van der Waals surface area contributed by atoms with Gasteiger partial charge in [-0.05, 0) is 25.9 Å². The highest BCUT2D eigenvalue weighted by molar-refractivity contribution is 5.22. The number of nitrogen functional groups attached to an aromatic ring is 1. The summed E-state index contributed by atoms with van der Waals surface area (Å²) in [5, 5.41) is 0. The molecule has 7 nitrogen and oxygen atoms in total. The summed E-state index contributed by atoms with van der Waals surface area (Å²) in [6.07, 6.45) is 4.17. The molecule has 0 aromatic carbocycles. The zero-order valence-electron chi connectivity index (χ0n) is 10.4. The predicted molar refractivity (Wildman–Crippen MR) is 71.4 cm³/mol. The lowest BCUT2D eigenvalue weighted by atomic mass is 10.1. The highest BCUT2D eigenvalue weighted by Crippen LogP contribution is 2.06. The average Bonchev–Trinajstić information content (AvgIpc) is 2.29. The van der Waals surface area contributed by atoms with Gasteiger partial charge in [0.2, 0.25) is 0 Å². The Morgan fingerprint density at radius 1 is 1.17 bits per heavy atom. The second-order valence-corrected chi connectivity index (χ2v) is 4.23. The monoisotopic (exact) mass is 255 g/mol. The lowest BCUT2D eigenvalue weighted by Crippen LogP contribution is -2.33. The van der Waals surface area contributed by atoms with Crippen molar-refractivity contribution in [3.8, 4) is 0 Å². The standard InChI is InChI=1S/C7H16N2.C4H5N3O2/c8-4-7-9-5-2-1-3-6-9;5-2-1-3(8)7-4(9)6-2/h1-8H2;1H,(H4,5,6,7,8,9). The van der Waals surface area contributed by atoms with Crippen LogP contribution in [0, 0.1) is 0 Å². The molecule has 7 heteroatoms. The van der Waals surface area contributed by atoms with E-state index in [-0.39, 0.29) is 5.82 Å². The van der Waals surface area contributed by atoms with E-state index >= 15 is 0 Å². The summed E-state index contributed by atoms with van der Waals surface area (Å²) >= 11 is 0. The SMILES string of the molecule is NCCN1CCCCC1.Nc1cc(=O)[nH]c(=O)[nH]1. The van der Waals surface area contributed by atoms with Gasteiger partial charge in [0, 0.05) is 19.2 Å². The van der Waals surface area contributed by atoms with Crippen molar-refractivity contribution in [3.63, 3.8) is 0 Å². The number of aromatic nitrogens is 2. The van der Waals surface area contributed by atoms with Gasteiger partial charge >= 0.3 is 5.69 Å². The van der Waals surface area contributed by atoms with Gasteiger partial charge in [0.1, 0.15) is 5.82 Å². The number of nitrogens with zero attached hydrogens (tertiary/aromatic N) is 1. The fourth-order valence-corrected chi connectivity index (χ4v) is 1.85. The number of H-pyrrole nitrogens is 2. The Morgan fingerprint density at radius 3 is 2.33 bits per heavy atom. The Balaban J connectivity index is 0.000000180. The Kier molecular flexibility index (Phi) is 6.16. The molecular formula is C11H21N5O2. The van der Waals surface area contributed by atoms with Crippen molar-refractivity contribution in [2.45, 2.75) is 19.3 Å². The van der Waals surface area contributed by atoms with Gasteiger partial charge in [-0.2, -0.15) is 0 Å². The van der Waals surface area contributed by atoms with E-state index in [0.29, 0.717) is 0 Å². The van der Waals surface area contributed by atoms with E-state index < -0.39 is 11.2 Å². The molecule has 0 spiro atoms. The van der Waals surface area contributed by atoms with Crippen molar-refractivity contribution >= 4 is 5.82 Å². The molecule has 2 heterocycles. The van der Waals surface area contributed by atoms with Crippen LogP contribution in [0.2, 0.25) is 0 Å². The van der Waals surface area contributed by atoms with Crippen LogP contribution in [0.15, 0.2) is 15.7 Å². The maximum Gasteiger partial charge on any atom is 0.327 e. The first-order valence-corrected chi connectivity index (χ1v) is 6.13. The lowest BCUT2D eigenvalue weighted by molar-refractivity contribution is 0.235. The molecule has 0 saturated carbocycles. The van der Waals surface area contributed by atoms with Crippen LogP contribution in [0.5, 0.6) is 0 Å². The second-order valence-electron chi connectivity index (χ2n) is 4.23. The Morgan fingerprint density at radius 2 is 1.83 bits per heavy atom. The molecule has 0 unspecified atom stereocenters. The van der Waals surface area contributed by atoms with Crippen molar-refractivity contribution < 1.29 is 0 Å². The molecule has 6 N–H and O–H groups in total. The molecule has 18 heavy (non-hydrogen) atoms. The van der Waals surface area contributed by atoms with Gasteiger partial charge in [-0.25, -0.2) is 4.79 Å². The van der Waals surface area contributed by atoms with Gasteiger partial charge in [0.25, 0.3) is 5.56 Å². The third kappa shape index (κ3) is 5.65. The molecule has 2 rings (SSSR count). The average molecular weight is 255 g/mol. The van der Waals surface area contributed by atoms with E-state index in [1.807, 2.05) is 4.98 Å². The number of hydrogen-bond donors (Lipinski definition) is 4. The molecule has 0 bridgehead atoms. The molecule has 1 fully saturated rings. The van der Waals surface area contributed by atoms with Crippen LogP contribution < -0.4 is 22.7 Å². The van der Waals surface area contributed by atoms with Crippen molar-refractivity contribution in [1.29, 1.82) is 0 Å². The molecule has 0 aliphatic carbocycles. The molecule has 1 aromatic rings. The van der Waals surface area contributed by atoms with Gasteiger partial charge in [0.05, 0.1) is 0 Å². The first kappa shape index (κ1) is 14.5. The zero-order chi connectivity index (χ0) is 13.4. The number of aromatic amines is 2. The van der Waals surface area contributed by atoms with E-state index in [0.717, 1.165) is 19.2 Å². The third-order valence-corrected chi connectivity index (χ3v) is 2.68. The third-order valence-electron chi connectivity index (χ3n) is 2.68. The first-order valence-electron chi connectivity index (χ1n) is 6.13. The fourth-order valence-electron chi connectivity index (χ4n) is 1.85. The van der Waals surface area contributed by atoms with Crippen LogP contribution in [0.25, 0.3) is 0 Å². The highest BCUT2D eigenvalue weighted by atomic mass is 16.2. The summed E-state index contributed by atoms with van der Waals surface area (Å²) in [4.78, 5) is 27.3. The van der Waals surface area contributed by atoms with Crippen molar-refractivity contribution in [2.24, 2.45) is 5.73 Å². The second kappa shape index (κ2) is 7.67. The summed E-state index contributed by atoms with van der Waals surface area (Å²) in [6.45, 7) is 4.47.